The molecule has 1 N–H and O–H groups in total. The smallest absolute Gasteiger partial charge is 0.143 e. The van der Waals surface area contributed by atoms with Gasteiger partial charge in [0.25, 0.3) is 0 Å². The summed E-state index contributed by atoms with van der Waals surface area (Å²) < 4.78 is 4.89. The summed E-state index contributed by atoms with van der Waals surface area (Å²) in [5, 5.41) is 3.04. The third-order valence-electron chi connectivity index (χ3n) is 1.28. The Kier molecular flexibility index (Phi) is 2.19. The van der Waals surface area contributed by atoms with Gasteiger partial charge in [-0.05, 0) is 6.92 Å². The Morgan fingerprint density at radius 2 is 2.44 bits per heavy atom. The number of hydrogen-bond donors (Lipinski definition) is 1. The average Bonchev–Trinajstić information content (AvgIpc) is 1.60. The van der Waals surface area contributed by atoms with E-state index in [-0.39, 0.29) is 5.78 Å². The van der Waals surface area contributed by atoms with Gasteiger partial charge in [-0.3, -0.25) is 4.79 Å². The number of hydrogen-bond acceptors (Lipinski definition) is 3. The van der Waals surface area contributed by atoms with Crippen LogP contribution in [0.5, 0.6) is 0 Å². The van der Waals surface area contributed by atoms with Crippen molar-refractivity contribution >= 4 is 5.78 Å². The highest BCUT2D eigenvalue weighted by Gasteiger charge is 2.16. The van der Waals surface area contributed by atoms with Crippen LogP contribution in [0.4, 0.5) is 0 Å². The Balaban J connectivity index is 1.97. The monoisotopic (exact) mass is 129 g/mol. The van der Waals surface area contributed by atoms with Gasteiger partial charge in [0.15, 0.2) is 0 Å². The molecule has 0 aromatic rings. The second kappa shape index (κ2) is 2.94. The molecule has 0 aliphatic carbocycles. The van der Waals surface area contributed by atoms with Crippen LogP contribution in [0.15, 0.2) is 0 Å². The molecule has 0 unspecified atom stereocenters. The maximum Gasteiger partial charge on any atom is 0.143 e. The zero-order valence-electron chi connectivity index (χ0n) is 5.52. The first kappa shape index (κ1) is 6.71. The second-order valence-corrected chi connectivity index (χ2v) is 2.32. The predicted molar refractivity (Wildman–Crippen MR) is 33.3 cm³/mol. The summed E-state index contributed by atoms with van der Waals surface area (Å²) >= 11 is 0. The third-order valence-corrected chi connectivity index (χ3v) is 1.28. The lowest BCUT2D eigenvalue weighted by atomic mass is 10.2. The largest absolute Gasteiger partial charge is 0.378 e. The molecule has 1 aliphatic heterocycles. The molecule has 9 heavy (non-hydrogen) atoms. The quantitative estimate of drug-likeness (QED) is 0.561. The normalized spacial score (nSPS) is 19.2. The fourth-order valence-electron chi connectivity index (χ4n) is 0.642. The predicted octanol–water partition coefficient (Wildman–Crippen LogP) is -0.436. The van der Waals surface area contributed by atoms with E-state index in [4.69, 9.17) is 4.74 Å². The van der Waals surface area contributed by atoms with Gasteiger partial charge in [-0.2, -0.15) is 0 Å². The van der Waals surface area contributed by atoms with Gasteiger partial charge < -0.3 is 10.1 Å². The Hall–Kier alpha value is -0.410. The van der Waals surface area contributed by atoms with E-state index < -0.39 is 0 Å². The molecule has 1 rings (SSSR count). The first-order valence-electron chi connectivity index (χ1n) is 3.09. The molecular weight excluding hydrogens is 118 g/mol. The van der Waals surface area contributed by atoms with E-state index in [0.29, 0.717) is 12.6 Å². The summed E-state index contributed by atoms with van der Waals surface area (Å²) in [6, 6.07) is 0.425. The highest BCUT2D eigenvalue weighted by Crippen LogP contribution is 1.97. The van der Waals surface area contributed by atoms with Crippen molar-refractivity contribution in [2.24, 2.45) is 0 Å². The summed E-state index contributed by atoms with van der Waals surface area (Å²) in [6.45, 7) is 3.57. The summed E-state index contributed by atoms with van der Waals surface area (Å²) in [5.41, 5.74) is 0. The van der Waals surface area contributed by atoms with Crippen molar-refractivity contribution in [3.8, 4) is 0 Å². The topological polar surface area (TPSA) is 38.3 Å². The minimum atomic E-state index is 0.182. The standard InChI is InChI=1S/C6H11NO2/c1-5(8)2-7-6-3-9-4-6/h6-7H,2-4H2,1H3. The van der Waals surface area contributed by atoms with Crippen LogP contribution in [0.2, 0.25) is 0 Å². The lowest BCUT2D eigenvalue weighted by Crippen LogP contribution is -2.47. The molecule has 1 aliphatic rings. The van der Waals surface area contributed by atoms with Crippen LogP contribution in [0, 0.1) is 0 Å². The van der Waals surface area contributed by atoms with E-state index in [2.05, 4.69) is 5.32 Å². The van der Waals surface area contributed by atoms with Crippen LogP contribution in [0.3, 0.4) is 0 Å². The molecule has 0 aromatic carbocycles. The van der Waals surface area contributed by atoms with Gasteiger partial charge in [0.2, 0.25) is 0 Å². The molecule has 1 saturated heterocycles. The van der Waals surface area contributed by atoms with Gasteiger partial charge >= 0.3 is 0 Å². The summed E-state index contributed by atoms with van der Waals surface area (Å²) in [5.74, 6) is 0.182. The van der Waals surface area contributed by atoms with E-state index in [9.17, 15) is 4.79 Å². The van der Waals surface area contributed by atoms with Crippen molar-refractivity contribution in [1.29, 1.82) is 0 Å². The molecule has 1 fully saturated rings. The molecular formula is C6H11NO2. The molecule has 0 bridgehead atoms. The summed E-state index contributed by atoms with van der Waals surface area (Å²) in [6.07, 6.45) is 0. The molecule has 52 valence electrons. The number of nitrogens with one attached hydrogen (secondary N) is 1. The average molecular weight is 129 g/mol. The summed E-state index contributed by atoms with van der Waals surface area (Å²) in [4.78, 5) is 10.4. The zero-order chi connectivity index (χ0) is 6.69. The fraction of sp³-hybridized carbons (Fsp3) is 0.833. The molecule has 0 spiro atoms. The lowest BCUT2D eigenvalue weighted by molar-refractivity contribution is -0.116. The molecule has 3 heteroatoms. The van der Waals surface area contributed by atoms with E-state index >= 15 is 0 Å². The molecule has 1 heterocycles. The van der Waals surface area contributed by atoms with Crippen molar-refractivity contribution in [2.45, 2.75) is 13.0 Å². The Bertz CT molecular complexity index is 110. The van der Waals surface area contributed by atoms with Gasteiger partial charge in [0, 0.05) is 0 Å². The van der Waals surface area contributed by atoms with Gasteiger partial charge in [0.05, 0.1) is 25.8 Å². The highest BCUT2D eigenvalue weighted by molar-refractivity contribution is 5.77. The van der Waals surface area contributed by atoms with Crippen molar-refractivity contribution in [3.05, 3.63) is 0 Å². The molecule has 3 nitrogen and oxygen atoms in total. The van der Waals surface area contributed by atoms with Gasteiger partial charge in [-0.1, -0.05) is 0 Å². The number of Topliss-reactive ketones (excluding diaryl/α,β-unsaturated/α-hetero) is 1. The number of ether oxygens (including phenoxy) is 1. The Labute approximate surface area is 54.4 Å². The van der Waals surface area contributed by atoms with E-state index in [1.54, 1.807) is 6.92 Å². The molecule has 0 radical (unpaired) electrons. The Morgan fingerprint density at radius 3 is 2.78 bits per heavy atom. The maximum absolute atomic E-state index is 10.4. The lowest BCUT2D eigenvalue weighted by Gasteiger charge is -2.26. The number of rotatable bonds is 3. The van der Waals surface area contributed by atoms with E-state index in [1.807, 2.05) is 0 Å². The van der Waals surface area contributed by atoms with Crippen LogP contribution in [-0.2, 0) is 9.53 Å². The van der Waals surface area contributed by atoms with Crippen LogP contribution >= 0.6 is 0 Å². The number of carbonyl (C=O) groups excluding carboxylic acids is 1. The first-order chi connectivity index (χ1) is 4.29. The second-order valence-electron chi connectivity index (χ2n) is 2.32. The van der Waals surface area contributed by atoms with Crippen molar-refractivity contribution in [3.63, 3.8) is 0 Å². The number of ketones is 1. The van der Waals surface area contributed by atoms with Crippen LogP contribution in [0.25, 0.3) is 0 Å². The molecule has 0 atom stereocenters. The Morgan fingerprint density at radius 1 is 1.78 bits per heavy atom. The highest BCUT2D eigenvalue weighted by atomic mass is 16.5. The van der Waals surface area contributed by atoms with Crippen LogP contribution < -0.4 is 5.32 Å². The summed E-state index contributed by atoms with van der Waals surface area (Å²) in [7, 11) is 0. The van der Waals surface area contributed by atoms with Crippen molar-refractivity contribution in [2.75, 3.05) is 19.8 Å². The van der Waals surface area contributed by atoms with E-state index in [1.165, 1.54) is 0 Å². The molecule has 0 aromatic heterocycles. The van der Waals surface area contributed by atoms with Crippen molar-refractivity contribution in [1.82, 2.24) is 5.32 Å². The van der Waals surface area contributed by atoms with Crippen LogP contribution in [0.1, 0.15) is 6.92 Å². The molecule has 0 saturated carbocycles. The zero-order valence-corrected chi connectivity index (χ0v) is 5.52. The minimum Gasteiger partial charge on any atom is -0.378 e. The van der Waals surface area contributed by atoms with Gasteiger partial charge in [0.1, 0.15) is 5.78 Å². The van der Waals surface area contributed by atoms with Crippen molar-refractivity contribution < 1.29 is 9.53 Å². The fourth-order valence-corrected chi connectivity index (χ4v) is 0.642. The molecule has 0 amide bonds. The SMILES string of the molecule is CC(=O)CNC1COC1. The first-order valence-corrected chi connectivity index (χ1v) is 3.09. The number of carbonyl (C=O) groups is 1. The third kappa shape index (κ3) is 2.11. The van der Waals surface area contributed by atoms with Crippen LogP contribution in [-0.4, -0.2) is 31.6 Å². The minimum absolute atomic E-state index is 0.182. The van der Waals surface area contributed by atoms with E-state index in [0.717, 1.165) is 13.2 Å². The van der Waals surface area contributed by atoms with Gasteiger partial charge in [-0.15, -0.1) is 0 Å². The maximum atomic E-state index is 10.4. The van der Waals surface area contributed by atoms with Gasteiger partial charge in [-0.25, -0.2) is 0 Å².